The van der Waals surface area contributed by atoms with E-state index in [1.807, 2.05) is 0 Å². The molecular formula is C6H11IO4. The lowest BCUT2D eigenvalue weighted by Crippen LogP contribution is -2.33. The van der Waals surface area contributed by atoms with Gasteiger partial charge >= 0.3 is 0 Å². The van der Waals surface area contributed by atoms with E-state index in [0.29, 0.717) is 4.43 Å². The lowest BCUT2D eigenvalue weighted by atomic mass is 10.2. The average Bonchev–Trinajstić information content (AvgIpc) is 2.30. The Morgan fingerprint density at radius 3 is 2.36 bits per heavy atom. The molecule has 0 bridgehead atoms. The first-order chi connectivity index (χ1) is 5.20. The highest BCUT2D eigenvalue weighted by Crippen LogP contribution is 2.22. The maximum absolute atomic E-state index is 9.30. The second-order valence-corrected chi connectivity index (χ2v) is 3.29. The summed E-state index contributed by atoms with van der Waals surface area (Å²) in [5, 5.41) is 18.6. The molecule has 0 aromatic carbocycles. The van der Waals surface area contributed by atoms with Crippen molar-refractivity contribution in [1.29, 1.82) is 0 Å². The molecule has 0 aromatic heterocycles. The van der Waals surface area contributed by atoms with E-state index in [0.717, 1.165) is 0 Å². The fraction of sp³-hybridized carbons (Fsp3) is 1.00. The summed E-state index contributed by atoms with van der Waals surface area (Å²) in [7, 11) is 1.44. The zero-order valence-electron chi connectivity index (χ0n) is 6.11. The zero-order valence-corrected chi connectivity index (χ0v) is 8.26. The summed E-state index contributed by atoms with van der Waals surface area (Å²) in [5.74, 6) is 0. The summed E-state index contributed by atoms with van der Waals surface area (Å²) in [6.45, 7) is 0. The van der Waals surface area contributed by atoms with Gasteiger partial charge in [-0.3, -0.25) is 0 Å². The van der Waals surface area contributed by atoms with Crippen LogP contribution in [0.25, 0.3) is 0 Å². The quantitative estimate of drug-likeness (QED) is 0.527. The molecular weight excluding hydrogens is 263 g/mol. The van der Waals surface area contributed by atoms with Gasteiger partial charge in [-0.1, -0.05) is 22.6 Å². The van der Waals surface area contributed by atoms with E-state index in [1.165, 1.54) is 7.11 Å². The topological polar surface area (TPSA) is 58.9 Å². The summed E-state index contributed by atoms with van der Waals surface area (Å²) in [6, 6.07) is 0. The Bertz CT molecular complexity index is 114. The van der Waals surface area contributed by atoms with Crippen molar-refractivity contribution in [2.45, 2.75) is 24.6 Å². The van der Waals surface area contributed by atoms with E-state index >= 15 is 0 Å². The second-order valence-electron chi connectivity index (χ2n) is 2.41. The van der Waals surface area contributed by atoms with Crippen LogP contribution in [0.4, 0.5) is 0 Å². The number of halogens is 1. The predicted octanol–water partition coefficient (Wildman–Crippen LogP) is -0.486. The average molecular weight is 274 g/mol. The second kappa shape index (κ2) is 3.99. The van der Waals surface area contributed by atoms with Gasteiger partial charge in [-0.25, -0.2) is 0 Å². The SMILES string of the molecule is COC1O[C@H](CI)[C@H](O)[C@@H]1O. The van der Waals surface area contributed by atoms with Crippen molar-refractivity contribution < 1.29 is 19.7 Å². The summed E-state index contributed by atoms with van der Waals surface area (Å²) in [6.07, 6.45) is -2.73. The molecule has 66 valence electrons. The zero-order chi connectivity index (χ0) is 8.43. The third-order valence-electron chi connectivity index (χ3n) is 1.70. The summed E-state index contributed by atoms with van der Waals surface area (Å²) < 4.78 is 10.6. The summed E-state index contributed by atoms with van der Waals surface area (Å²) in [4.78, 5) is 0. The first kappa shape index (κ1) is 9.66. The van der Waals surface area contributed by atoms with E-state index in [-0.39, 0.29) is 6.10 Å². The Morgan fingerprint density at radius 2 is 2.09 bits per heavy atom. The number of methoxy groups -OCH3 is 1. The van der Waals surface area contributed by atoms with E-state index in [4.69, 9.17) is 9.47 Å². The van der Waals surface area contributed by atoms with Crippen LogP contribution in [0.2, 0.25) is 0 Å². The smallest absolute Gasteiger partial charge is 0.186 e. The molecule has 11 heavy (non-hydrogen) atoms. The largest absolute Gasteiger partial charge is 0.387 e. The lowest BCUT2D eigenvalue weighted by Gasteiger charge is -2.11. The third-order valence-corrected chi connectivity index (χ3v) is 2.57. The Morgan fingerprint density at radius 1 is 1.45 bits per heavy atom. The highest BCUT2D eigenvalue weighted by molar-refractivity contribution is 14.1. The number of aliphatic hydroxyl groups is 2. The van der Waals surface area contributed by atoms with Gasteiger partial charge in [0.1, 0.15) is 12.2 Å². The van der Waals surface area contributed by atoms with E-state index in [1.54, 1.807) is 0 Å². The van der Waals surface area contributed by atoms with Crippen molar-refractivity contribution in [1.82, 2.24) is 0 Å². The first-order valence-corrected chi connectivity index (χ1v) is 4.83. The standard InChI is InChI=1S/C6H11IO4/c1-10-6-5(9)4(8)3(2-7)11-6/h3-6,8-9H,2H2,1H3/t3-,4+,5+,6?/m1/s1. The number of ether oxygens (including phenoxy) is 2. The van der Waals surface area contributed by atoms with E-state index in [9.17, 15) is 10.2 Å². The minimum Gasteiger partial charge on any atom is -0.387 e. The van der Waals surface area contributed by atoms with Crippen LogP contribution in [0.15, 0.2) is 0 Å². The normalized spacial score (nSPS) is 44.7. The number of rotatable bonds is 2. The van der Waals surface area contributed by atoms with Gasteiger partial charge in [-0.2, -0.15) is 0 Å². The number of alkyl halides is 1. The molecule has 0 spiro atoms. The first-order valence-electron chi connectivity index (χ1n) is 3.31. The highest BCUT2D eigenvalue weighted by atomic mass is 127. The van der Waals surface area contributed by atoms with Gasteiger partial charge in [0.2, 0.25) is 0 Å². The van der Waals surface area contributed by atoms with Gasteiger partial charge < -0.3 is 19.7 Å². The van der Waals surface area contributed by atoms with Gasteiger partial charge in [0, 0.05) is 11.5 Å². The Hall–Kier alpha value is 0.570. The molecule has 1 rings (SSSR count). The third kappa shape index (κ3) is 1.83. The summed E-state index contributed by atoms with van der Waals surface area (Å²) >= 11 is 2.09. The van der Waals surface area contributed by atoms with Crippen molar-refractivity contribution in [2.75, 3.05) is 11.5 Å². The number of hydrogen-bond donors (Lipinski definition) is 2. The van der Waals surface area contributed by atoms with Crippen LogP contribution >= 0.6 is 22.6 Å². The molecule has 1 fully saturated rings. The fourth-order valence-corrected chi connectivity index (χ4v) is 1.77. The molecule has 5 heteroatoms. The molecule has 1 heterocycles. The Kier molecular flexibility index (Phi) is 3.51. The molecule has 1 unspecified atom stereocenters. The molecule has 4 atom stereocenters. The molecule has 0 saturated carbocycles. The van der Waals surface area contributed by atoms with Crippen LogP contribution in [-0.2, 0) is 9.47 Å². The monoisotopic (exact) mass is 274 g/mol. The van der Waals surface area contributed by atoms with Crippen molar-refractivity contribution in [3.8, 4) is 0 Å². The van der Waals surface area contributed by atoms with Gasteiger partial charge in [-0.15, -0.1) is 0 Å². The maximum Gasteiger partial charge on any atom is 0.186 e. The molecule has 1 aliphatic heterocycles. The van der Waals surface area contributed by atoms with E-state index < -0.39 is 18.5 Å². The highest BCUT2D eigenvalue weighted by Gasteiger charge is 2.42. The van der Waals surface area contributed by atoms with Crippen molar-refractivity contribution >= 4 is 22.6 Å². The minimum atomic E-state index is -0.917. The predicted molar refractivity (Wildman–Crippen MR) is 46.6 cm³/mol. The number of hydrogen-bond acceptors (Lipinski definition) is 4. The van der Waals surface area contributed by atoms with Gasteiger partial charge in [0.25, 0.3) is 0 Å². The van der Waals surface area contributed by atoms with Gasteiger partial charge in [-0.05, 0) is 0 Å². The Balaban J connectivity index is 2.53. The van der Waals surface area contributed by atoms with Crippen molar-refractivity contribution in [3.05, 3.63) is 0 Å². The number of aliphatic hydroxyl groups excluding tert-OH is 2. The van der Waals surface area contributed by atoms with Crippen molar-refractivity contribution in [2.24, 2.45) is 0 Å². The van der Waals surface area contributed by atoms with Crippen LogP contribution in [0.1, 0.15) is 0 Å². The molecule has 4 nitrogen and oxygen atoms in total. The molecule has 0 aromatic rings. The van der Waals surface area contributed by atoms with Gasteiger partial charge in [0.15, 0.2) is 6.29 Å². The van der Waals surface area contributed by atoms with Crippen LogP contribution in [0.3, 0.4) is 0 Å². The van der Waals surface area contributed by atoms with E-state index in [2.05, 4.69) is 22.6 Å². The lowest BCUT2D eigenvalue weighted by molar-refractivity contribution is -0.145. The molecule has 0 radical (unpaired) electrons. The fourth-order valence-electron chi connectivity index (χ4n) is 1.04. The minimum absolute atomic E-state index is 0.310. The maximum atomic E-state index is 9.30. The van der Waals surface area contributed by atoms with Crippen LogP contribution < -0.4 is 0 Å². The van der Waals surface area contributed by atoms with Crippen LogP contribution in [-0.4, -0.2) is 46.4 Å². The van der Waals surface area contributed by atoms with Crippen molar-refractivity contribution in [3.63, 3.8) is 0 Å². The summed E-state index contributed by atoms with van der Waals surface area (Å²) in [5.41, 5.74) is 0. The molecule has 0 amide bonds. The van der Waals surface area contributed by atoms with Gasteiger partial charge in [0.05, 0.1) is 6.10 Å². The molecule has 1 saturated heterocycles. The van der Waals surface area contributed by atoms with Crippen LogP contribution in [0, 0.1) is 0 Å². The molecule has 2 N–H and O–H groups in total. The van der Waals surface area contributed by atoms with Crippen LogP contribution in [0.5, 0.6) is 0 Å². The molecule has 0 aliphatic carbocycles. The Labute approximate surface area is 78.6 Å². The molecule has 1 aliphatic rings.